The summed E-state index contributed by atoms with van der Waals surface area (Å²) in [5.41, 5.74) is 2.68. The summed E-state index contributed by atoms with van der Waals surface area (Å²) in [6.45, 7) is 3.81. The number of aromatic carboxylic acids is 1. The predicted octanol–water partition coefficient (Wildman–Crippen LogP) is 4.79. The average molecular weight is 562 g/mol. The van der Waals surface area contributed by atoms with E-state index in [1.54, 1.807) is 12.1 Å². The number of nitrogens with zero attached hydrogens (tertiary/aromatic N) is 5. The van der Waals surface area contributed by atoms with Crippen LogP contribution in [0.1, 0.15) is 51.9 Å². The van der Waals surface area contributed by atoms with Gasteiger partial charge in [-0.25, -0.2) is 18.6 Å². The summed E-state index contributed by atoms with van der Waals surface area (Å²) >= 11 is 0. The summed E-state index contributed by atoms with van der Waals surface area (Å²) in [5.74, 6) is -1.37. The van der Waals surface area contributed by atoms with E-state index in [9.17, 15) is 18.7 Å². The fourth-order valence-corrected chi connectivity index (χ4v) is 4.76. The van der Waals surface area contributed by atoms with E-state index in [1.807, 2.05) is 17.7 Å². The molecule has 0 amide bonds. The Kier molecular flexibility index (Phi) is 8.52. The molecule has 11 heteroatoms. The molecule has 212 valence electrons. The number of rotatable bonds is 7. The van der Waals surface area contributed by atoms with Crippen molar-refractivity contribution in [2.24, 2.45) is 7.05 Å². The molecular formula is C30H29F2N5O4. The SMILES string of the molecule is C1COC1.Cn1c(CN2CCC(c3nc(COc4ccc(C#N)cc4F)ccc3F)C2)nc2ccc(C(=O)O)cc21. The summed E-state index contributed by atoms with van der Waals surface area (Å²) in [6, 6.07) is 13.5. The second-order valence-corrected chi connectivity index (χ2v) is 10.00. The van der Waals surface area contributed by atoms with E-state index in [2.05, 4.69) is 14.9 Å². The summed E-state index contributed by atoms with van der Waals surface area (Å²) < 4.78 is 40.9. The molecule has 2 aromatic carbocycles. The minimum Gasteiger partial charge on any atom is -0.484 e. The molecule has 4 aromatic rings. The second kappa shape index (κ2) is 12.4. The molecule has 1 atom stereocenters. The standard InChI is InChI=1S/C27H23F2N5O3.C3H6O/c1-33-23-11-17(27(35)36)3-6-22(23)32-25(33)14-34-9-8-18(13-34)26-20(28)5-4-19(31-26)15-37-24-7-2-16(12-30)10-21(24)29;1-2-4-3-1/h2-7,10-11,18H,8-9,13-15H2,1H3,(H,35,36);1-3H2. The maximum Gasteiger partial charge on any atom is 0.335 e. The number of likely N-dealkylation sites (tertiary alicyclic amines) is 1. The molecule has 1 N–H and O–H groups in total. The summed E-state index contributed by atoms with van der Waals surface area (Å²) in [7, 11) is 1.85. The van der Waals surface area contributed by atoms with Crippen molar-refractivity contribution in [1.29, 1.82) is 5.26 Å². The number of carboxylic acids is 1. The Morgan fingerprint density at radius 3 is 2.61 bits per heavy atom. The molecule has 0 saturated carbocycles. The van der Waals surface area contributed by atoms with Crippen molar-refractivity contribution in [2.75, 3.05) is 26.3 Å². The number of carbonyl (C=O) groups is 1. The molecule has 0 radical (unpaired) electrons. The number of pyridine rings is 1. The van der Waals surface area contributed by atoms with E-state index in [0.717, 1.165) is 42.7 Å². The third-order valence-electron chi connectivity index (χ3n) is 7.19. The van der Waals surface area contributed by atoms with Crippen LogP contribution in [0.3, 0.4) is 0 Å². The van der Waals surface area contributed by atoms with E-state index in [-0.39, 0.29) is 29.4 Å². The van der Waals surface area contributed by atoms with Gasteiger partial charge in [0.2, 0.25) is 0 Å². The quantitative estimate of drug-likeness (QED) is 0.343. The highest BCUT2D eigenvalue weighted by molar-refractivity contribution is 5.92. The first-order valence-electron chi connectivity index (χ1n) is 13.3. The Labute approximate surface area is 235 Å². The highest BCUT2D eigenvalue weighted by atomic mass is 19.1. The van der Waals surface area contributed by atoms with Gasteiger partial charge in [0, 0.05) is 32.7 Å². The summed E-state index contributed by atoms with van der Waals surface area (Å²) in [4.78, 5) is 22.6. The van der Waals surface area contributed by atoms with Gasteiger partial charge in [0.1, 0.15) is 18.2 Å². The first-order valence-corrected chi connectivity index (χ1v) is 13.3. The number of halogens is 2. The third-order valence-corrected chi connectivity index (χ3v) is 7.19. The maximum absolute atomic E-state index is 14.7. The molecule has 1 unspecified atom stereocenters. The highest BCUT2D eigenvalue weighted by Crippen LogP contribution is 2.30. The number of fused-ring (bicyclic) bond motifs is 1. The lowest BCUT2D eigenvalue weighted by Gasteiger charge is -2.16. The van der Waals surface area contributed by atoms with Gasteiger partial charge >= 0.3 is 5.97 Å². The molecular weight excluding hydrogens is 532 g/mol. The van der Waals surface area contributed by atoms with Crippen molar-refractivity contribution in [1.82, 2.24) is 19.4 Å². The van der Waals surface area contributed by atoms with Gasteiger partial charge in [-0.1, -0.05) is 0 Å². The first kappa shape index (κ1) is 28.1. The van der Waals surface area contributed by atoms with Crippen LogP contribution in [0, 0.1) is 23.0 Å². The van der Waals surface area contributed by atoms with Gasteiger partial charge in [0.15, 0.2) is 11.6 Å². The molecule has 4 heterocycles. The van der Waals surface area contributed by atoms with Gasteiger partial charge in [0.25, 0.3) is 0 Å². The second-order valence-electron chi connectivity index (χ2n) is 10.00. The monoisotopic (exact) mass is 561 g/mol. The lowest BCUT2D eigenvalue weighted by Crippen LogP contribution is -2.22. The van der Waals surface area contributed by atoms with Crippen molar-refractivity contribution in [3.63, 3.8) is 0 Å². The van der Waals surface area contributed by atoms with Crippen molar-refractivity contribution in [3.8, 4) is 11.8 Å². The van der Waals surface area contributed by atoms with Crippen LogP contribution in [0.5, 0.6) is 5.75 Å². The van der Waals surface area contributed by atoms with E-state index < -0.39 is 17.6 Å². The molecule has 0 bridgehead atoms. The Hall–Kier alpha value is -4.40. The Morgan fingerprint density at radius 1 is 1.15 bits per heavy atom. The molecule has 2 aliphatic rings. The van der Waals surface area contributed by atoms with Gasteiger partial charge < -0.3 is 19.1 Å². The number of ether oxygens (including phenoxy) is 2. The summed E-state index contributed by atoms with van der Waals surface area (Å²) in [6.07, 6.45) is 1.99. The van der Waals surface area contributed by atoms with Gasteiger partial charge in [-0.3, -0.25) is 9.88 Å². The molecule has 9 nitrogen and oxygen atoms in total. The number of aryl methyl sites for hydroxylation is 1. The number of benzene rings is 2. The van der Waals surface area contributed by atoms with Crippen LogP contribution < -0.4 is 4.74 Å². The van der Waals surface area contributed by atoms with Crippen LogP contribution in [0.25, 0.3) is 11.0 Å². The molecule has 2 saturated heterocycles. The largest absolute Gasteiger partial charge is 0.484 e. The van der Waals surface area contributed by atoms with Gasteiger partial charge in [-0.2, -0.15) is 5.26 Å². The lowest BCUT2D eigenvalue weighted by molar-refractivity contribution is 0.0367. The first-order chi connectivity index (χ1) is 19.8. The Morgan fingerprint density at radius 2 is 1.93 bits per heavy atom. The van der Waals surface area contributed by atoms with Crippen LogP contribution in [0.15, 0.2) is 48.5 Å². The van der Waals surface area contributed by atoms with E-state index in [1.165, 1.54) is 36.8 Å². The predicted molar refractivity (Wildman–Crippen MR) is 145 cm³/mol. The average Bonchev–Trinajstić information content (AvgIpc) is 3.51. The molecule has 2 aromatic heterocycles. The zero-order chi connectivity index (χ0) is 28.9. The van der Waals surface area contributed by atoms with Crippen LogP contribution in [0.2, 0.25) is 0 Å². The molecule has 2 fully saturated rings. The van der Waals surface area contributed by atoms with E-state index in [4.69, 9.17) is 14.7 Å². The minimum absolute atomic E-state index is 0.00311. The molecule has 41 heavy (non-hydrogen) atoms. The maximum atomic E-state index is 14.7. The number of hydrogen-bond acceptors (Lipinski definition) is 7. The lowest BCUT2D eigenvalue weighted by atomic mass is 10.0. The zero-order valence-corrected chi connectivity index (χ0v) is 22.5. The number of aromatic nitrogens is 3. The smallest absolute Gasteiger partial charge is 0.335 e. The van der Waals surface area contributed by atoms with Crippen molar-refractivity contribution in [2.45, 2.75) is 31.9 Å². The van der Waals surface area contributed by atoms with Gasteiger partial charge in [0.05, 0.1) is 46.2 Å². The van der Waals surface area contributed by atoms with Crippen molar-refractivity contribution >= 4 is 17.0 Å². The van der Waals surface area contributed by atoms with Crippen LogP contribution in [-0.2, 0) is 24.9 Å². The number of hydrogen-bond donors (Lipinski definition) is 1. The van der Waals surface area contributed by atoms with Crippen LogP contribution >= 0.6 is 0 Å². The number of nitriles is 1. The van der Waals surface area contributed by atoms with E-state index in [0.29, 0.717) is 30.9 Å². The molecule has 0 aliphatic carbocycles. The fraction of sp³-hybridized carbons (Fsp3) is 0.333. The third kappa shape index (κ3) is 6.51. The van der Waals surface area contributed by atoms with E-state index >= 15 is 0 Å². The van der Waals surface area contributed by atoms with Gasteiger partial charge in [-0.05, 0) is 67.9 Å². The highest BCUT2D eigenvalue weighted by Gasteiger charge is 2.28. The van der Waals surface area contributed by atoms with Gasteiger partial charge in [-0.15, -0.1) is 0 Å². The zero-order valence-electron chi connectivity index (χ0n) is 22.5. The molecule has 6 rings (SSSR count). The summed E-state index contributed by atoms with van der Waals surface area (Å²) in [5, 5.41) is 18.1. The molecule has 0 spiro atoms. The Bertz CT molecular complexity index is 1610. The van der Waals surface area contributed by atoms with Crippen molar-refractivity contribution < 1.29 is 28.2 Å². The van der Waals surface area contributed by atoms with Crippen LogP contribution in [0.4, 0.5) is 8.78 Å². The van der Waals surface area contributed by atoms with Crippen molar-refractivity contribution in [3.05, 3.63) is 88.5 Å². The topological polar surface area (TPSA) is 113 Å². The normalized spacial score (nSPS) is 16.5. The fourth-order valence-electron chi connectivity index (χ4n) is 4.76. The number of imidazole rings is 1. The minimum atomic E-state index is -0.990. The van der Waals surface area contributed by atoms with Crippen LogP contribution in [-0.4, -0.2) is 56.8 Å². The molecule has 2 aliphatic heterocycles. The Balaban J connectivity index is 0.000000777. The number of carboxylic acid groups (broad SMARTS) is 1.